The second kappa shape index (κ2) is 6.38. The van der Waals surface area contributed by atoms with Crippen molar-refractivity contribution in [2.45, 2.75) is 13.0 Å². The second-order valence-electron chi connectivity index (χ2n) is 3.84. The third-order valence-electron chi connectivity index (χ3n) is 2.61. The molecule has 2 rings (SSSR count). The third kappa shape index (κ3) is 3.14. The number of nitrogens with zero attached hydrogens (tertiary/aromatic N) is 4. The molecule has 0 bridgehead atoms. The van der Waals surface area contributed by atoms with Gasteiger partial charge in [0.25, 0.3) is 0 Å². The lowest BCUT2D eigenvalue weighted by Crippen LogP contribution is -2.05. The first-order valence-corrected chi connectivity index (χ1v) is 6.32. The van der Waals surface area contributed by atoms with Crippen molar-refractivity contribution in [3.8, 4) is 11.5 Å². The lowest BCUT2D eigenvalue weighted by atomic mass is 10.3. The fourth-order valence-corrected chi connectivity index (χ4v) is 1.94. The molecular formula is C12H15ClN4O2. The van der Waals surface area contributed by atoms with Crippen LogP contribution in [0.15, 0.2) is 18.5 Å². The number of aryl methyl sites for hydroxylation is 1. The molecule has 6 nitrogen and oxygen atoms in total. The lowest BCUT2D eigenvalue weighted by Gasteiger charge is -2.11. The number of methoxy groups -OCH3 is 2. The van der Waals surface area contributed by atoms with Crippen LogP contribution in [0.4, 0.5) is 0 Å². The Kier molecular flexibility index (Phi) is 4.57. The Morgan fingerprint density at radius 3 is 2.84 bits per heavy atom. The van der Waals surface area contributed by atoms with Crippen molar-refractivity contribution in [3.05, 3.63) is 29.8 Å². The molecule has 102 valence electrons. The number of aromatic nitrogens is 4. The van der Waals surface area contributed by atoms with Gasteiger partial charge in [-0.15, -0.1) is 16.7 Å². The number of hydrogen-bond donors (Lipinski definition) is 0. The van der Waals surface area contributed by atoms with Crippen molar-refractivity contribution < 1.29 is 9.47 Å². The zero-order valence-corrected chi connectivity index (χ0v) is 11.6. The molecule has 0 aliphatic carbocycles. The molecule has 0 amide bonds. The summed E-state index contributed by atoms with van der Waals surface area (Å²) >= 11 is 5.67. The van der Waals surface area contributed by atoms with E-state index in [4.69, 9.17) is 21.1 Å². The van der Waals surface area contributed by atoms with E-state index in [1.54, 1.807) is 31.2 Å². The summed E-state index contributed by atoms with van der Waals surface area (Å²) in [6, 6.07) is 1.75. The van der Waals surface area contributed by atoms with Crippen LogP contribution in [-0.4, -0.2) is 40.1 Å². The van der Waals surface area contributed by atoms with Crippen molar-refractivity contribution in [1.82, 2.24) is 20.0 Å². The lowest BCUT2D eigenvalue weighted by molar-refractivity contribution is 0.348. The molecule has 0 aromatic carbocycles. The van der Waals surface area contributed by atoms with Crippen LogP contribution < -0.4 is 9.47 Å². The van der Waals surface area contributed by atoms with Crippen LogP contribution >= 0.6 is 11.6 Å². The molecule has 0 atom stereocenters. The summed E-state index contributed by atoms with van der Waals surface area (Å²) in [5, 5.41) is 8.06. The molecule has 2 aromatic rings. The summed E-state index contributed by atoms with van der Waals surface area (Å²) in [6.45, 7) is 0.468. The summed E-state index contributed by atoms with van der Waals surface area (Å²) in [6.07, 6.45) is 4.22. The van der Waals surface area contributed by atoms with Gasteiger partial charge in [0, 0.05) is 30.8 Å². The van der Waals surface area contributed by atoms with Crippen LogP contribution in [0, 0.1) is 0 Å². The van der Waals surface area contributed by atoms with Crippen LogP contribution in [0.1, 0.15) is 11.4 Å². The molecule has 0 saturated carbocycles. The average Bonchev–Trinajstić information content (AvgIpc) is 2.86. The largest absolute Gasteiger partial charge is 0.493 e. The molecule has 19 heavy (non-hydrogen) atoms. The van der Waals surface area contributed by atoms with E-state index < -0.39 is 0 Å². The monoisotopic (exact) mass is 282 g/mol. The minimum Gasteiger partial charge on any atom is -0.493 e. The molecule has 2 aromatic heterocycles. The molecule has 0 saturated heterocycles. The number of alkyl halides is 1. The SMILES string of the molecule is COc1ccnc(Cn2cc(CCCl)nn2)c1OC. The maximum absolute atomic E-state index is 5.67. The van der Waals surface area contributed by atoms with E-state index in [0.717, 1.165) is 11.4 Å². The number of hydrogen-bond acceptors (Lipinski definition) is 5. The highest BCUT2D eigenvalue weighted by molar-refractivity contribution is 6.17. The van der Waals surface area contributed by atoms with Gasteiger partial charge in [-0.25, -0.2) is 4.68 Å². The second-order valence-corrected chi connectivity index (χ2v) is 4.22. The van der Waals surface area contributed by atoms with Crippen LogP contribution in [-0.2, 0) is 13.0 Å². The first kappa shape index (κ1) is 13.6. The van der Waals surface area contributed by atoms with E-state index in [1.165, 1.54) is 0 Å². The Morgan fingerprint density at radius 2 is 2.16 bits per heavy atom. The Bertz CT molecular complexity index is 544. The Labute approximate surface area is 116 Å². The summed E-state index contributed by atoms with van der Waals surface area (Å²) in [4.78, 5) is 4.29. The van der Waals surface area contributed by atoms with Crippen LogP contribution in [0.2, 0.25) is 0 Å². The van der Waals surface area contributed by atoms with Gasteiger partial charge in [0.1, 0.15) is 5.69 Å². The quantitative estimate of drug-likeness (QED) is 0.752. The minimum absolute atomic E-state index is 0.468. The molecule has 7 heteroatoms. The van der Waals surface area contributed by atoms with Crippen molar-refractivity contribution in [2.75, 3.05) is 20.1 Å². The molecule has 0 spiro atoms. The molecule has 0 radical (unpaired) electrons. The van der Waals surface area contributed by atoms with Gasteiger partial charge >= 0.3 is 0 Å². The zero-order valence-electron chi connectivity index (χ0n) is 10.8. The number of halogens is 1. The fourth-order valence-electron chi connectivity index (χ4n) is 1.74. The van der Waals surface area contributed by atoms with Gasteiger partial charge in [-0.2, -0.15) is 0 Å². The topological polar surface area (TPSA) is 62.1 Å². The predicted octanol–water partition coefficient (Wildman–Crippen LogP) is 1.52. The third-order valence-corrected chi connectivity index (χ3v) is 2.80. The minimum atomic E-state index is 0.468. The maximum Gasteiger partial charge on any atom is 0.184 e. The van der Waals surface area contributed by atoms with Crippen molar-refractivity contribution in [1.29, 1.82) is 0 Å². The van der Waals surface area contributed by atoms with Gasteiger partial charge < -0.3 is 9.47 Å². The molecule has 0 fully saturated rings. The molecule has 0 N–H and O–H groups in total. The molecule has 0 aliphatic heterocycles. The first-order chi connectivity index (χ1) is 9.28. The highest BCUT2D eigenvalue weighted by Gasteiger charge is 2.12. The normalized spacial score (nSPS) is 10.5. The molecule has 0 aliphatic rings. The molecular weight excluding hydrogens is 268 g/mol. The van der Waals surface area contributed by atoms with Crippen molar-refractivity contribution in [3.63, 3.8) is 0 Å². The standard InChI is InChI=1S/C12H15ClN4O2/c1-18-11-4-6-14-10(12(11)19-2)8-17-7-9(3-5-13)15-16-17/h4,6-7H,3,5,8H2,1-2H3. The van der Waals surface area contributed by atoms with E-state index in [-0.39, 0.29) is 0 Å². The summed E-state index contributed by atoms with van der Waals surface area (Å²) < 4.78 is 12.3. The van der Waals surface area contributed by atoms with E-state index in [0.29, 0.717) is 30.3 Å². The number of pyridine rings is 1. The average molecular weight is 283 g/mol. The smallest absolute Gasteiger partial charge is 0.184 e. The summed E-state index contributed by atoms with van der Waals surface area (Å²) in [7, 11) is 3.18. The molecule has 2 heterocycles. The van der Waals surface area contributed by atoms with Gasteiger partial charge in [-0.1, -0.05) is 5.21 Å². The van der Waals surface area contributed by atoms with Crippen LogP contribution in [0.3, 0.4) is 0 Å². The fraction of sp³-hybridized carbons (Fsp3) is 0.417. The van der Waals surface area contributed by atoms with Crippen LogP contribution in [0.25, 0.3) is 0 Å². The zero-order chi connectivity index (χ0) is 13.7. The maximum atomic E-state index is 5.67. The van der Waals surface area contributed by atoms with Gasteiger partial charge in [0.15, 0.2) is 11.5 Å². The van der Waals surface area contributed by atoms with Gasteiger partial charge in [-0.3, -0.25) is 4.98 Å². The highest BCUT2D eigenvalue weighted by Crippen LogP contribution is 2.29. The number of rotatable bonds is 6. The van der Waals surface area contributed by atoms with E-state index >= 15 is 0 Å². The number of ether oxygens (including phenoxy) is 2. The first-order valence-electron chi connectivity index (χ1n) is 5.79. The van der Waals surface area contributed by atoms with Gasteiger partial charge in [-0.05, 0) is 0 Å². The predicted molar refractivity (Wildman–Crippen MR) is 70.9 cm³/mol. The Balaban J connectivity index is 2.22. The van der Waals surface area contributed by atoms with Crippen LogP contribution in [0.5, 0.6) is 11.5 Å². The summed E-state index contributed by atoms with van der Waals surface area (Å²) in [5.41, 5.74) is 1.60. The van der Waals surface area contributed by atoms with Gasteiger partial charge in [0.05, 0.1) is 26.5 Å². The van der Waals surface area contributed by atoms with Crippen molar-refractivity contribution in [2.24, 2.45) is 0 Å². The highest BCUT2D eigenvalue weighted by atomic mass is 35.5. The van der Waals surface area contributed by atoms with E-state index in [2.05, 4.69) is 15.3 Å². The summed E-state index contributed by atoms with van der Waals surface area (Å²) in [5.74, 6) is 1.78. The van der Waals surface area contributed by atoms with Gasteiger partial charge in [0.2, 0.25) is 0 Å². The molecule has 0 unspecified atom stereocenters. The van der Waals surface area contributed by atoms with E-state index in [9.17, 15) is 0 Å². The van der Waals surface area contributed by atoms with Crippen molar-refractivity contribution >= 4 is 11.6 Å². The van der Waals surface area contributed by atoms with E-state index in [1.807, 2.05) is 6.20 Å². The Hall–Kier alpha value is -1.82. The Morgan fingerprint density at radius 1 is 1.32 bits per heavy atom.